The molecule has 0 amide bonds. The second-order valence-electron chi connectivity index (χ2n) is 3.40. The summed E-state index contributed by atoms with van der Waals surface area (Å²) in [5.74, 6) is 0.667. The van der Waals surface area contributed by atoms with Gasteiger partial charge in [0.05, 0.1) is 0 Å². The normalized spacial score (nSPS) is 13.8. The molecule has 0 aliphatic heterocycles. The minimum Gasteiger partial charge on any atom is -0.323 e. The van der Waals surface area contributed by atoms with Gasteiger partial charge in [-0.2, -0.15) is 0 Å². The lowest BCUT2D eigenvalue weighted by molar-refractivity contribution is 0.515. The van der Waals surface area contributed by atoms with Gasteiger partial charge >= 0.3 is 0 Å². The van der Waals surface area contributed by atoms with Crippen LogP contribution in [0.2, 0.25) is 0 Å². The Morgan fingerprint density at radius 3 is 2.67 bits per heavy atom. The maximum absolute atomic E-state index is 6.00. The van der Waals surface area contributed by atoms with Crippen molar-refractivity contribution in [1.29, 1.82) is 0 Å². The summed E-state index contributed by atoms with van der Waals surface area (Å²) in [5, 5.41) is 2.08. The van der Waals surface area contributed by atoms with Crippen LogP contribution >= 0.6 is 27.3 Å². The van der Waals surface area contributed by atoms with Crippen LogP contribution in [0.1, 0.15) is 31.2 Å². The summed E-state index contributed by atoms with van der Waals surface area (Å²) in [4.78, 5) is 1.27. The summed E-state index contributed by atoms with van der Waals surface area (Å²) in [6, 6.07) is 2.32. The molecule has 1 aromatic heterocycles. The van der Waals surface area contributed by atoms with Gasteiger partial charge < -0.3 is 5.73 Å². The average molecular weight is 248 g/mol. The molecule has 0 bridgehead atoms. The van der Waals surface area contributed by atoms with Crippen molar-refractivity contribution in [2.24, 2.45) is 11.7 Å². The first kappa shape index (κ1) is 10.2. The first-order chi connectivity index (χ1) is 5.59. The van der Waals surface area contributed by atoms with Crippen molar-refractivity contribution in [3.63, 3.8) is 0 Å². The Balaban J connectivity index is 2.58. The highest BCUT2D eigenvalue weighted by molar-refractivity contribution is 9.10. The number of hydrogen-bond donors (Lipinski definition) is 1. The molecule has 3 heteroatoms. The molecular formula is C9H14BrNS. The van der Waals surface area contributed by atoms with Crippen molar-refractivity contribution in [1.82, 2.24) is 0 Å². The molecule has 12 heavy (non-hydrogen) atoms. The summed E-state index contributed by atoms with van der Waals surface area (Å²) in [7, 11) is 0. The van der Waals surface area contributed by atoms with Gasteiger partial charge in [0.15, 0.2) is 0 Å². The highest BCUT2D eigenvalue weighted by Crippen LogP contribution is 2.27. The van der Waals surface area contributed by atoms with E-state index in [4.69, 9.17) is 5.73 Å². The lowest BCUT2D eigenvalue weighted by atomic mass is 10.0. The highest BCUT2D eigenvalue weighted by Gasteiger charge is 2.09. The Morgan fingerprint density at radius 1 is 1.58 bits per heavy atom. The lowest BCUT2D eigenvalue weighted by Gasteiger charge is -2.11. The van der Waals surface area contributed by atoms with Gasteiger partial charge in [-0.3, -0.25) is 0 Å². The van der Waals surface area contributed by atoms with Crippen LogP contribution in [0.15, 0.2) is 15.9 Å². The molecule has 0 fully saturated rings. The van der Waals surface area contributed by atoms with Crippen LogP contribution in [0.4, 0.5) is 0 Å². The van der Waals surface area contributed by atoms with Crippen molar-refractivity contribution in [2.45, 2.75) is 26.3 Å². The Hall–Kier alpha value is 0.140. The van der Waals surface area contributed by atoms with E-state index in [1.54, 1.807) is 11.3 Å². The topological polar surface area (TPSA) is 26.0 Å². The molecule has 0 aliphatic carbocycles. The van der Waals surface area contributed by atoms with Crippen LogP contribution in [0.5, 0.6) is 0 Å². The van der Waals surface area contributed by atoms with E-state index in [0.29, 0.717) is 5.92 Å². The average Bonchev–Trinajstić information content (AvgIpc) is 2.34. The molecule has 1 atom stereocenters. The van der Waals surface area contributed by atoms with Gasteiger partial charge in [-0.05, 0) is 34.3 Å². The first-order valence-electron chi connectivity index (χ1n) is 4.09. The molecule has 0 saturated heterocycles. The summed E-state index contributed by atoms with van der Waals surface area (Å²) in [6.45, 7) is 4.39. The minimum absolute atomic E-state index is 0.210. The van der Waals surface area contributed by atoms with E-state index < -0.39 is 0 Å². The molecule has 0 spiro atoms. The van der Waals surface area contributed by atoms with Gasteiger partial charge in [0.2, 0.25) is 0 Å². The van der Waals surface area contributed by atoms with E-state index in [1.807, 2.05) is 0 Å². The predicted molar refractivity (Wildman–Crippen MR) is 58.4 cm³/mol. The smallest absolute Gasteiger partial charge is 0.0392 e. The Bertz CT molecular complexity index is 244. The zero-order valence-electron chi connectivity index (χ0n) is 7.38. The monoisotopic (exact) mass is 247 g/mol. The summed E-state index contributed by atoms with van der Waals surface area (Å²) >= 11 is 5.15. The second-order valence-corrected chi connectivity index (χ2v) is 5.26. The van der Waals surface area contributed by atoms with E-state index in [9.17, 15) is 0 Å². The molecule has 1 heterocycles. The maximum Gasteiger partial charge on any atom is 0.0392 e. The number of halogens is 1. The summed E-state index contributed by atoms with van der Waals surface area (Å²) in [6.07, 6.45) is 1.06. The molecule has 0 aliphatic rings. The fourth-order valence-corrected chi connectivity index (χ4v) is 2.61. The van der Waals surface area contributed by atoms with E-state index in [2.05, 4.69) is 41.2 Å². The fraction of sp³-hybridized carbons (Fsp3) is 0.556. The van der Waals surface area contributed by atoms with Gasteiger partial charge in [0.1, 0.15) is 0 Å². The molecule has 0 unspecified atom stereocenters. The SMILES string of the molecule is CC(C)C[C@@H](N)c1cc(Br)cs1. The van der Waals surface area contributed by atoms with Gasteiger partial charge in [-0.25, -0.2) is 0 Å². The maximum atomic E-state index is 6.00. The van der Waals surface area contributed by atoms with Gasteiger partial charge in [-0.15, -0.1) is 11.3 Å². The van der Waals surface area contributed by atoms with E-state index >= 15 is 0 Å². The first-order valence-corrected chi connectivity index (χ1v) is 5.76. The van der Waals surface area contributed by atoms with E-state index in [1.165, 1.54) is 4.88 Å². The van der Waals surface area contributed by atoms with Crippen molar-refractivity contribution in [2.75, 3.05) is 0 Å². The van der Waals surface area contributed by atoms with Crippen molar-refractivity contribution in [3.8, 4) is 0 Å². The number of thiophene rings is 1. The zero-order valence-corrected chi connectivity index (χ0v) is 9.78. The van der Waals surface area contributed by atoms with E-state index in [0.717, 1.165) is 10.9 Å². The third kappa shape index (κ3) is 2.88. The lowest BCUT2D eigenvalue weighted by Crippen LogP contribution is -2.11. The quantitative estimate of drug-likeness (QED) is 0.869. The molecule has 1 rings (SSSR count). The summed E-state index contributed by atoms with van der Waals surface area (Å²) < 4.78 is 1.14. The molecule has 68 valence electrons. The van der Waals surface area contributed by atoms with Gasteiger partial charge in [0.25, 0.3) is 0 Å². The zero-order chi connectivity index (χ0) is 9.14. The summed E-state index contributed by atoms with van der Waals surface area (Å²) in [5.41, 5.74) is 6.00. The number of hydrogen-bond acceptors (Lipinski definition) is 2. The third-order valence-corrected chi connectivity index (χ3v) is 3.50. The Morgan fingerprint density at radius 2 is 2.25 bits per heavy atom. The molecule has 1 aromatic rings. The van der Waals surface area contributed by atoms with Crippen LogP contribution in [-0.2, 0) is 0 Å². The minimum atomic E-state index is 0.210. The predicted octanol–water partition coefficient (Wildman–Crippen LogP) is 3.56. The Kier molecular flexibility index (Phi) is 3.75. The fourth-order valence-electron chi connectivity index (χ4n) is 1.15. The van der Waals surface area contributed by atoms with Crippen LogP contribution < -0.4 is 5.73 Å². The number of rotatable bonds is 3. The van der Waals surface area contributed by atoms with Crippen LogP contribution in [-0.4, -0.2) is 0 Å². The van der Waals surface area contributed by atoms with Gasteiger partial charge in [-0.1, -0.05) is 13.8 Å². The van der Waals surface area contributed by atoms with E-state index in [-0.39, 0.29) is 6.04 Å². The second kappa shape index (κ2) is 4.40. The molecule has 0 aromatic carbocycles. The van der Waals surface area contributed by atoms with Crippen molar-refractivity contribution in [3.05, 3.63) is 20.8 Å². The van der Waals surface area contributed by atoms with Crippen molar-refractivity contribution >= 4 is 27.3 Å². The molecule has 2 N–H and O–H groups in total. The molecule has 0 saturated carbocycles. The van der Waals surface area contributed by atoms with Crippen LogP contribution in [0.3, 0.4) is 0 Å². The Labute approximate surface area is 86.1 Å². The van der Waals surface area contributed by atoms with Crippen LogP contribution in [0, 0.1) is 5.92 Å². The highest BCUT2D eigenvalue weighted by atomic mass is 79.9. The van der Waals surface area contributed by atoms with Gasteiger partial charge in [0, 0.05) is 20.8 Å². The standard InChI is InChI=1S/C9H14BrNS/c1-6(2)3-8(11)9-4-7(10)5-12-9/h4-6,8H,3,11H2,1-2H3/t8-/m1/s1. The largest absolute Gasteiger partial charge is 0.323 e. The number of nitrogens with two attached hydrogens (primary N) is 1. The molecule has 1 nitrogen and oxygen atoms in total. The third-order valence-electron chi connectivity index (χ3n) is 1.68. The van der Waals surface area contributed by atoms with Crippen molar-refractivity contribution < 1.29 is 0 Å². The molecular weight excluding hydrogens is 234 g/mol. The molecule has 0 radical (unpaired) electrons. The van der Waals surface area contributed by atoms with Crippen LogP contribution in [0.25, 0.3) is 0 Å².